The maximum Gasteiger partial charge on any atom is 0.223 e. The second-order valence-corrected chi connectivity index (χ2v) is 9.71. The molecule has 1 aliphatic rings. The van der Waals surface area contributed by atoms with Crippen molar-refractivity contribution in [2.45, 2.75) is 44.9 Å². The summed E-state index contributed by atoms with van der Waals surface area (Å²) in [6.45, 7) is 4.89. The van der Waals surface area contributed by atoms with Gasteiger partial charge in [-0.25, -0.2) is 12.7 Å². The summed E-state index contributed by atoms with van der Waals surface area (Å²) in [7, 11) is -3.36. The Hall–Kier alpha value is -2.18. The van der Waals surface area contributed by atoms with Gasteiger partial charge in [-0.1, -0.05) is 61.5 Å². The van der Waals surface area contributed by atoms with Crippen LogP contribution < -0.4 is 5.32 Å². The second kappa shape index (κ2) is 9.55. The summed E-state index contributed by atoms with van der Waals surface area (Å²) in [6, 6.07) is 17.5. The number of nitrogens with zero attached hydrogens (tertiary/aromatic N) is 1. The number of benzene rings is 2. The molecule has 0 saturated carbocycles. The molecule has 1 atom stereocenters. The highest BCUT2D eigenvalue weighted by atomic mass is 32.2. The fourth-order valence-electron chi connectivity index (χ4n) is 3.73. The van der Waals surface area contributed by atoms with E-state index in [9.17, 15) is 13.2 Å². The Morgan fingerprint density at radius 1 is 1.03 bits per heavy atom. The maximum absolute atomic E-state index is 12.7. The first-order valence-electron chi connectivity index (χ1n) is 10.3. The van der Waals surface area contributed by atoms with E-state index >= 15 is 0 Å². The molecule has 156 valence electrons. The fourth-order valence-corrected chi connectivity index (χ4v) is 5.29. The van der Waals surface area contributed by atoms with Gasteiger partial charge in [0.1, 0.15) is 0 Å². The molecule has 0 spiro atoms. The number of rotatable bonds is 7. The number of nitrogens with one attached hydrogen (secondary N) is 1. The van der Waals surface area contributed by atoms with Crippen LogP contribution in [0.1, 0.15) is 49.4 Å². The summed E-state index contributed by atoms with van der Waals surface area (Å²) in [5.41, 5.74) is 3.14. The van der Waals surface area contributed by atoms with Crippen LogP contribution in [0.25, 0.3) is 0 Å². The largest absolute Gasteiger partial charge is 0.349 e. The van der Waals surface area contributed by atoms with Crippen molar-refractivity contribution in [3.05, 3.63) is 71.3 Å². The zero-order valence-electron chi connectivity index (χ0n) is 17.2. The Balaban J connectivity index is 1.52. The van der Waals surface area contributed by atoms with E-state index in [-0.39, 0.29) is 23.6 Å². The molecule has 1 amide bonds. The highest BCUT2D eigenvalue weighted by Crippen LogP contribution is 2.23. The SMILES string of the molecule is CCc1ccc([C@@H](C)NC(=O)C2CCN(S(=O)(=O)Cc3ccccc3)CC2)cc1. The number of sulfonamides is 1. The van der Waals surface area contributed by atoms with Crippen molar-refractivity contribution in [1.29, 1.82) is 0 Å². The maximum atomic E-state index is 12.7. The number of amides is 1. The van der Waals surface area contributed by atoms with Gasteiger partial charge in [-0.15, -0.1) is 0 Å². The summed E-state index contributed by atoms with van der Waals surface area (Å²) >= 11 is 0. The van der Waals surface area contributed by atoms with Crippen LogP contribution >= 0.6 is 0 Å². The van der Waals surface area contributed by atoms with E-state index in [1.54, 1.807) is 0 Å². The third kappa shape index (κ3) is 5.67. The van der Waals surface area contributed by atoms with Crippen molar-refractivity contribution in [2.75, 3.05) is 13.1 Å². The van der Waals surface area contributed by atoms with Crippen LogP contribution in [0, 0.1) is 5.92 Å². The van der Waals surface area contributed by atoms with Gasteiger partial charge in [0.05, 0.1) is 11.8 Å². The molecule has 2 aromatic carbocycles. The highest BCUT2D eigenvalue weighted by Gasteiger charge is 2.31. The van der Waals surface area contributed by atoms with E-state index in [4.69, 9.17) is 0 Å². The van der Waals surface area contributed by atoms with E-state index in [0.717, 1.165) is 17.5 Å². The van der Waals surface area contributed by atoms with Crippen molar-refractivity contribution >= 4 is 15.9 Å². The molecule has 2 aromatic rings. The van der Waals surface area contributed by atoms with Crippen molar-refractivity contribution in [3.8, 4) is 0 Å². The van der Waals surface area contributed by atoms with Crippen LogP contribution in [0.3, 0.4) is 0 Å². The van der Waals surface area contributed by atoms with Crippen LogP contribution in [0.4, 0.5) is 0 Å². The third-order valence-electron chi connectivity index (χ3n) is 5.66. The minimum atomic E-state index is -3.36. The van der Waals surface area contributed by atoms with Crippen LogP contribution in [0.15, 0.2) is 54.6 Å². The first-order valence-corrected chi connectivity index (χ1v) is 11.9. The molecule has 1 fully saturated rings. The number of aryl methyl sites for hydroxylation is 1. The predicted molar refractivity (Wildman–Crippen MR) is 116 cm³/mol. The number of carbonyl (C=O) groups excluding carboxylic acids is 1. The topological polar surface area (TPSA) is 66.5 Å². The van der Waals surface area contributed by atoms with Crippen LogP contribution in [0.5, 0.6) is 0 Å². The van der Waals surface area contributed by atoms with Gasteiger partial charge in [0.15, 0.2) is 0 Å². The molecule has 1 N–H and O–H groups in total. The molecule has 0 unspecified atom stereocenters. The molecule has 0 aromatic heterocycles. The van der Waals surface area contributed by atoms with Gasteiger partial charge in [-0.05, 0) is 42.9 Å². The number of carbonyl (C=O) groups is 1. The molecular weight excluding hydrogens is 384 g/mol. The van der Waals surface area contributed by atoms with Crippen molar-refractivity contribution in [3.63, 3.8) is 0 Å². The van der Waals surface area contributed by atoms with Gasteiger partial charge in [0, 0.05) is 19.0 Å². The van der Waals surface area contributed by atoms with Crippen LogP contribution in [0.2, 0.25) is 0 Å². The molecule has 0 bridgehead atoms. The van der Waals surface area contributed by atoms with E-state index in [0.29, 0.717) is 25.9 Å². The average molecular weight is 415 g/mol. The minimum Gasteiger partial charge on any atom is -0.349 e. The fraction of sp³-hybridized carbons (Fsp3) is 0.435. The van der Waals surface area contributed by atoms with Gasteiger partial charge in [-0.2, -0.15) is 0 Å². The molecule has 1 heterocycles. The van der Waals surface area contributed by atoms with E-state index in [1.807, 2.05) is 37.3 Å². The predicted octanol–water partition coefficient (Wildman–Crippen LogP) is 3.67. The monoisotopic (exact) mass is 414 g/mol. The number of piperidine rings is 1. The van der Waals surface area contributed by atoms with Crippen LogP contribution in [-0.4, -0.2) is 31.7 Å². The van der Waals surface area contributed by atoms with E-state index < -0.39 is 10.0 Å². The number of hydrogen-bond acceptors (Lipinski definition) is 3. The number of hydrogen-bond donors (Lipinski definition) is 1. The zero-order valence-corrected chi connectivity index (χ0v) is 18.0. The molecule has 29 heavy (non-hydrogen) atoms. The molecular formula is C23H30N2O3S. The lowest BCUT2D eigenvalue weighted by atomic mass is 9.96. The van der Waals surface area contributed by atoms with Gasteiger partial charge in [0.2, 0.25) is 15.9 Å². The molecule has 0 aliphatic carbocycles. The molecule has 3 rings (SSSR count). The normalized spacial score (nSPS) is 17.0. The summed E-state index contributed by atoms with van der Waals surface area (Å²) < 4.78 is 26.9. The summed E-state index contributed by atoms with van der Waals surface area (Å²) in [5.74, 6) is -0.122. The summed E-state index contributed by atoms with van der Waals surface area (Å²) in [5, 5.41) is 3.09. The first-order chi connectivity index (χ1) is 13.9. The Morgan fingerprint density at radius 2 is 1.66 bits per heavy atom. The Bertz CT molecular complexity index is 903. The molecule has 1 saturated heterocycles. The standard InChI is InChI=1S/C23H30N2O3S/c1-3-19-9-11-21(12-10-19)18(2)24-23(26)22-13-15-25(16-14-22)29(27,28)17-20-7-5-4-6-8-20/h4-12,18,22H,3,13-17H2,1-2H3,(H,24,26)/t18-/m1/s1. The van der Waals surface area contributed by atoms with Gasteiger partial charge in [-0.3, -0.25) is 4.79 Å². The van der Waals surface area contributed by atoms with E-state index in [1.165, 1.54) is 9.87 Å². The lowest BCUT2D eigenvalue weighted by Crippen LogP contribution is -2.43. The summed E-state index contributed by atoms with van der Waals surface area (Å²) in [4.78, 5) is 12.7. The van der Waals surface area contributed by atoms with Gasteiger partial charge >= 0.3 is 0 Å². The van der Waals surface area contributed by atoms with Crippen molar-refractivity contribution in [2.24, 2.45) is 5.92 Å². The minimum absolute atomic E-state index is 0.00942. The Kier molecular flexibility index (Phi) is 7.09. The third-order valence-corrected chi connectivity index (χ3v) is 7.51. The quantitative estimate of drug-likeness (QED) is 0.752. The Labute approximate surface area is 174 Å². The van der Waals surface area contributed by atoms with Crippen molar-refractivity contribution < 1.29 is 13.2 Å². The molecule has 6 heteroatoms. The summed E-state index contributed by atoms with van der Waals surface area (Å²) in [6.07, 6.45) is 2.11. The smallest absolute Gasteiger partial charge is 0.223 e. The first kappa shape index (κ1) is 21.5. The van der Waals surface area contributed by atoms with Crippen molar-refractivity contribution in [1.82, 2.24) is 9.62 Å². The van der Waals surface area contributed by atoms with Gasteiger partial charge in [0.25, 0.3) is 0 Å². The molecule has 1 aliphatic heterocycles. The average Bonchev–Trinajstić information content (AvgIpc) is 2.74. The Morgan fingerprint density at radius 3 is 2.24 bits per heavy atom. The lowest BCUT2D eigenvalue weighted by Gasteiger charge is -2.31. The second-order valence-electron chi connectivity index (χ2n) is 7.74. The van der Waals surface area contributed by atoms with Gasteiger partial charge < -0.3 is 5.32 Å². The molecule has 5 nitrogen and oxygen atoms in total. The highest BCUT2D eigenvalue weighted by molar-refractivity contribution is 7.88. The lowest BCUT2D eigenvalue weighted by molar-refractivity contribution is -0.126. The van der Waals surface area contributed by atoms with E-state index in [2.05, 4.69) is 36.5 Å². The zero-order chi connectivity index (χ0) is 20.9. The molecule has 0 radical (unpaired) electrons. The van der Waals surface area contributed by atoms with Crippen LogP contribution in [-0.2, 0) is 27.0 Å².